The molecule has 1 unspecified atom stereocenters. The number of ether oxygens (including phenoxy) is 1. The van der Waals surface area contributed by atoms with Crippen molar-refractivity contribution in [3.63, 3.8) is 0 Å². The van der Waals surface area contributed by atoms with Gasteiger partial charge in [-0.3, -0.25) is 9.78 Å². The number of aromatic nitrogens is 1. The molecule has 0 aliphatic rings. The molecule has 2 aromatic rings. The van der Waals surface area contributed by atoms with Gasteiger partial charge in [0.2, 0.25) is 0 Å². The summed E-state index contributed by atoms with van der Waals surface area (Å²) < 4.78 is 5.74. The number of aryl methyl sites for hydroxylation is 1. The Morgan fingerprint density at radius 2 is 2.00 bits per heavy atom. The standard InChI is InChI=1S/C24H30N4O2/c1-5-7-23(19-10-12-22(13-11-19)30-15-14-28(3)4)27-24(29)20(17-25)16-21-9-6-8-18(2)26-21/h6,8-13,16,23H,5,7,14-15H2,1-4H3,(H,27,29)/b20-16+. The lowest BCUT2D eigenvalue weighted by Gasteiger charge is -2.19. The Labute approximate surface area is 179 Å². The van der Waals surface area contributed by atoms with Gasteiger partial charge in [-0.25, -0.2) is 0 Å². The normalized spacial score (nSPS) is 12.3. The molecule has 0 aliphatic carbocycles. The minimum atomic E-state index is -0.398. The fourth-order valence-electron chi connectivity index (χ4n) is 2.93. The maximum atomic E-state index is 12.7. The quantitative estimate of drug-likeness (QED) is 0.478. The van der Waals surface area contributed by atoms with E-state index in [4.69, 9.17) is 4.74 Å². The minimum absolute atomic E-state index is 0.0397. The number of pyridine rings is 1. The van der Waals surface area contributed by atoms with E-state index in [1.54, 1.807) is 6.07 Å². The van der Waals surface area contributed by atoms with E-state index in [1.165, 1.54) is 6.08 Å². The van der Waals surface area contributed by atoms with E-state index in [-0.39, 0.29) is 11.6 Å². The van der Waals surface area contributed by atoms with Crippen molar-refractivity contribution in [1.82, 2.24) is 15.2 Å². The number of carbonyl (C=O) groups is 1. The molecule has 2 rings (SSSR count). The number of likely N-dealkylation sites (N-methyl/N-ethyl adjacent to an activating group) is 1. The number of rotatable bonds is 10. The molecular formula is C24H30N4O2. The molecule has 0 fully saturated rings. The van der Waals surface area contributed by atoms with Gasteiger partial charge in [0.1, 0.15) is 24.0 Å². The van der Waals surface area contributed by atoms with Crippen molar-refractivity contribution in [2.75, 3.05) is 27.2 Å². The van der Waals surface area contributed by atoms with Gasteiger partial charge in [-0.2, -0.15) is 5.26 Å². The van der Waals surface area contributed by atoms with Gasteiger partial charge in [0.05, 0.1) is 11.7 Å². The highest BCUT2D eigenvalue weighted by atomic mass is 16.5. The first-order valence-electron chi connectivity index (χ1n) is 10.2. The van der Waals surface area contributed by atoms with Crippen LogP contribution in [0.4, 0.5) is 0 Å². The van der Waals surface area contributed by atoms with E-state index in [1.807, 2.05) is 63.5 Å². The average Bonchev–Trinajstić information content (AvgIpc) is 2.72. The highest BCUT2D eigenvalue weighted by Gasteiger charge is 2.17. The molecule has 1 atom stereocenters. The van der Waals surface area contributed by atoms with Crippen LogP contribution >= 0.6 is 0 Å². The van der Waals surface area contributed by atoms with Gasteiger partial charge in [0.15, 0.2) is 0 Å². The fourth-order valence-corrected chi connectivity index (χ4v) is 2.93. The third kappa shape index (κ3) is 7.34. The first-order chi connectivity index (χ1) is 14.4. The van der Waals surface area contributed by atoms with Crippen LogP contribution in [0.1, 0.15) is 42.8 Å². The van der Waals surface area contributed by atoms with Crippen LogP contribution in [-0.4, -0.2) is 43.0 Å². The molecule has 1 aromatic heterocycles. The summed E-state index contributed by atoms with van der Waals surface area (Å²) in [6, 6.07) is 15.1. The number of nitrogens with one attached hydrogen (secondary N) is 1. The summed E-state index contributed by atoms with van der Waals surface area (Å²) in [6.07, 6.45) is 3.19. The predicted molar refractivity (Wildman–Crippen MR) is 119 cm³/mol. The van der Waals surface area contributed by atoms with Crippen molar-refractivity contribution in [1.29, 1.82) is 5.26 Å². The van der Waals surface area contributed by atoms with Crippen LogP contribution in [0.2, 0.25) is 0 Å². The molecule has 0 saturated carbocycles. The zero-order valence-electron chi connectivity index (χ0n) is 18.2. The molecule has 6 nitrogen and oxygen atoms in total. The molecule has 30 heavy (non-hydrogen) atoms. The molecule has 158 valence electrons. The Morgan fingerprint density at radius 3 is 2.60 bits per heavy atom. The van der Waals surface area contributed by atoms with Crippen LogP contribution in [0.5, 0.6) is 5.75 Å². The summed E-state index contributed by atoms with van der Waals surface area (Å²) in [6.45, 7) is 5.39. The average molecular weight is 407 g/mol. The van der Waals surface area contributed by atoms with Crippen molar-refractivity contribution >= 4 is 12.0 Å². The van der Waals surface area contributed by atoms with Gasteiger partial charge in [-0.1, -0.05) is 31.5 Å². The number of nitrogens with zero attached hydrogens (tertiary/aromatic N) is 3. The molecular weight excluding hydrogens is 376 g/mol. The van der Waals surface area contributed by atoms with Crippen molar-refractivity contribution in [2.24, 2.45) is 0 Å². The van der Waals surface area contributed by atoms with Crippen LogP contribution in [-0.2, 0) is 4.79 Å². The third-order valence-corrected chi connectivity index (χ3v) is 4.54. The molecule has 1 amide bonds. The van der Waals surface area contributed by atoms with Gasteiger partial charge in [-0.15, -0.1) is 0 Å². The Morgan fingerprint density at radius 1 is 1.27 bits per heavy atom. The van der Waals surface area contributed by atoms with E-state index in [0.29, 0.717) is 12.3 Å². The monoisotopic (exact) mass is 406 g/mol. The zero-order chi connectivity index (χ0) is 21.9. The molecule has 0 aliphatic heterocycles. The summed E-state index contributed by atoms with van der Waals surface area (Å²) in [4.78, 5) is 19.1. The maximum absolute atomic E-state index is 12.7. The van der Waals surface area contributed by atoms with E-state index in [9.17, 15) is 10.1 Å². The predicted octanol–water partition coefficient (Wildman–Crippen LogP) is 3.90. The number of amides is 1. The van der Waals surface area contributed by atoms with Crippen LogP contribution in [0.25, 0.3) is 6.08 Å². The molecule has 0 radical (unpaired) electrons. The summed E-state index contributed by atoms with van der Waals surface area (Å²) in [5, 5.41) is 12.5. The molecule has 1 heterocycles. The van der Waals surface area contributed by atoms with E-state index in [2.05, 4.69) is 22.1 Å². The second kappa shape index (κ2) is 11.7. The van der Waals surface area contributed by atoms with Crippen LogP contribution in [0.15, 0.2) is 48.0 Å². The lowest BCUT2D eigenvalue weighted by atomic mass is 10.0. The van der Waals surface area contributed by atoms with Crippen molar-refractivity contribution in [3.05, 3.63) is 65.0 Å². The van der Waals surface area contributed by atoms with Gasteiger partial charge >= 0.3 is 0 Å². The van der Waals surface area contributed by atoms with Gasteiger partial charge < -0.3 is 15.0 Å². The summed E-state index contributed by atoms with van der Waals surface area (Å²) >= 11 is 0. The molecule has 0 saturated heterocycles. The Kier molecular flexibility index (Phi) is 9.04. The first-order valence-corrected chi connectivity index (χ1v) is 10.2. The molecule has 1 N–H and O–H groups in total. The Balaban J connectivity index is 2.10. The molecule has 1 aromatic carbocycles. The van der Waals surface area contributed by atoms with Crippen molar-refractivity contribution in [2.45, 2.75) is 32.7 Å². The first kappa shape index (κ1) is 23.1. The van der Waals surface area contributed by atoms with E-state index < -0.39 is 5.91 Å². The van der Waals surface area contributed by atoms with Gasteiger partial charge in [0, 0.05) is 12.2 Å². The van der Waals surface area contributed by atoms with Gasteiger partial charge in [0.25, 0.3) is 5.91 Å². The molecule has 0 spiro atoms. The van der Waals surface area contributed by atoms with Crippen molar-refractivity contribution < 1.29 is 9.53 Å². The van der Waals surface area contributed by atoms with E-state index >= 15 is 0 Å². The van der Waals surface area contributed by atoms with Crippen molar-refractivity contribution in [3.8, 4) is 11.8 Å². The fraction of sp³-hybridized carbons (Fsp3) is 0.375. The third-order valence-electron chi connectivity index (χ3n) is 4.54. The highest BCUT2D eigenvalue weighted by molar-refractivity contribution is 6.01. The lowest BCUT2D eigenvalue weighted by Crippen LogP contribution is -2.29. The number of hydrogen-bond acceptors (Lipinski definition) is 5. The van der Waals surface area contributed by atoms with Crippen LogP contribution in [0.3, 0.4) is 0 Å². The zero-order valence-corrected chi connectivity index (χ0v) is 18.2. The lowest BCUT2D eigenvalue weighted by molar-refractivity contribution is -0.117. The minimum Gasteiger partial charge on any atom is -0.492 e. The van der Waals surface area contributed by atoms with Crippen LogP contribution < -0.4 is 10.1 Å². The van der Waals surface area contributed by atoms with Gasteiger partial charge in [-0.05, 0) is 63.3 Å². The smallest absolute Gasteiger partial charge is 0.262 e. The summed E-state index contributed by atoms with van der Waals surface area (Å²) in [5.74, 6) is 0.399. The summed E-state index contributed by atoms with van der Waals surface area (Å²) in [7, 11) is 4.01. The number of hydrogen-bond donors (Lipinski definition) is 1. The summed E-state index contributed by atoms with van der Waals surface area (Å²) in [5.41, 5.74) is 2.44. The Hall–Kier alpha value is -3.17. The second-order valence-corrected chi connectivity index (χ2v) is 7.41. The number of benzene rings is 1. The molecule has 0 bridgehead atoms. The second-order valence-electron chi connectivity index (χ2n) is 7.41. The Bertz CT molecular complexity index is 898. The van der Waals surface area contributed by atoms with Crippen LogP contribution in [0, 0.1) is 18.3 Å². The maximum Gasteiger partial charge on any atom is 0.262 e. The van der Waals surface area contributed by atoms with E-state index in [0.717, 1.165) is 36.4 Å². The SMILES string of the molecule is CCCC(NC(=O)/C(C#N)=C/c1cccc(C)n1)c1ccc(OCCN(C)C)cc1. The molecule has 6 heteroatoms. The number of nitriles is 1. The number of carbonyl (C=O) groups excluding carboxylic acids is 1. The largest absolute Gasteiger partial charge is 0.492 e. The topological polar surface area (TPSA) is 78.2 Å². The highest BCUT2D eigenvalue weighted by Crippen LogP contribution is 2.22.